The number of carbonyl (C=O) groups is 1. The molecule has 0 aromatic heterocycles. The minimum Gasteiger partial charge on any atom is -0.396 e. The van der Waals surface area contributed by atoms with E-state index in [1.54, 1.807) is 0 Å². The molecule has 1 aromatic rings. The molecule has 0 fully saturated rings. The van der Waals surface area contributed by atoms with Crippen LogP contribution < -0.4 is 5.32 Å². The molecule has 3 nitrogen and oxygen atoms in total. The van der Waals surface area contributed by atoms with Crippen LogP contribution in [0.3, 0.4) is 0 Å². The van der Waals surface area contributed by atoms with Crippen molar-refractivity contribution in [3.63, 3.8) is 0 Å². The van der Waals surface area contributed by atoms with Crippen molar-refractivity contribution in [2.45, 2.75) is 26.2 Å². The Morgan fingerprint density at radius 3 is 2.81 bits per heavy atom. The quantitative estimate of drug-likeness (QED) is 0.643. The van der Waals surface area contributed by atoms with E-state index in [9.17, 15) is 4.79 Å². The maximum atomic E-state index is 11.5. The summed E-state index contributed by atoms with van der Waals surface area (Å²) in [5.41, 5.74) is 1.94. The Balaban J connectivity index is 2.49. The monoisotopic (exact) mass is 333 g/mol. The first-order valence-electron chi connectivity index (χ1n) is 5.30. The van der Waals surface area contributed by atoms with E-state index in [2.05, 4.69) is 27.9 Å². The van der Waals surface area contributed by atoms with E-state index in [1.807, 2.05) is 25.1 Å². The lowest BCUT2D eigenvalue weighted by Crippen LogP contribution is -2.12. The highest BCUT2D eigenvalue weighted by molar-refractivity contribution is 14.1. The van der Waals surface area contributed by atoms with Gasteiger partial charge in [-0.2, -0.15) is 0 Å². The fourth-order valence-electron chi connectivity index (χ4n) is 1.38. The maximum absolute atomic E-state index is 11.5. The number of anilines is 1. The number of hydrogen-bond acceptors (Lipinski definition) is 2. The Bertz CT molecular complexity index is 366. The van der Waals surface area contributed by atoms with Gasteiger partial charge < -0.3 is 10.4 Å². The lowest BCUT2D eigenvalue weighted by Gasteiger charge is -2.08. The third-order valence-corrected chi connectivity index (χ3v) is 2.95. The molecule has 0 aliphatic carbocycles. The normalized spacial score (nSPS) is 10.2. The fraction of sp³-hybridized carbons (Fsp3) is 0.417. The Labute approximate surface area is 109 Å². The molecular formula is C12H16INO2. The number of aryl methyl sites for hydroxylation is 1. The van der Waals surface area contributed by atoms with Gasteiger partial charge in [0.25, 0.3) is 0 Å². The largest absolute Gasteiger partial charge is 0.396 e. The fourth-order valence-corrected chi connectivity index (χ4v) is 2.02. The zero-order chi connectivity index (χ0) is 12.0. The Morgan fingerprint density at radius 1 is 1.44 bits per heavy atom. The molecule has 0 atom stereocenters. The van der Waals surface area contributed by atoms with Gasteiger partial charge in [-0.25, -0.2) is 0 Å². The number of halogens is 1. The summed E-state index contributed by atoms with van der Waals surface area (Å²) in [6.07, 6.45) is 1.87. The number of aliphatic hydroxyl groups excluding tert-OH is 1. The molecule has 0 radical (unpaired) electrons. The van der Waals surface area contributed by atoms with Gasteiger partial charge >= 0.3 is 0 Å². The molecule has 4 heteroatoms. The summed E-state index contributed by atoms with van der Waals surface area (Å²) >= 11 is 2.24. The van der Waals surface area contributed by atoms with Crippen LogP contribution in [0, 0.1) is 10.5 Å². The first-order chi connectivity index (χ1) is 7.63. The van der Waals surface area contributed by atoms with Crippen LogP contribution in [0.15, 0.2) is 18.2 Å². The van der Waals surface area contributed by atoms with E-state index in [0.29, 0.717) is 12.8 Å². The van der Waals surface area contributed by atoms with E-state index in [1.165, 1.54) is 0 Å². The van der Waals surface area contributed by atoms with Gasteiger partial charge in [0.2, 0.25) is 5.91 Å². The number of aliphatic hydroxyl groups is 1. The second-order valence-electron chi connectivity index (χ2n) is 3.69. The topological polar surface area (TPSA) is 49.3 Å². The molecule has 88 valence electrons. The van der Waals surface area contributed by atoms with Crippen molar-refractivity contribution in [3.05, 3.63) is 27.3 Å². The van der Waals surface area contributed by atoms with E-state index in [-0.39, 0.29) is 12.5 Å². The second kappa shape index (κ2) is 6.85. The summed E-state index contributed by atoms with van der Waals surface area (Å²) in [6, 6.07) is 5.92. The molecule has 0 saturated carbocycles. The van der Waals surface area contributed by atoms with Crippen LogP contribution in [0.4, 0.5) is 5.69 Å². The van der Waals surface area contributed by atoms with Gasteiger partial charge in [0.05, 0.1) is 0 Å². The van der Waals surface area contributed by atoms with E-state index in [0.717, 1.165) is 21.2 Å². The van der Waals surface area contributed by atoms with Gasteiger partial charge in [0, 0.05) is 22.3 Å². The average Bonchev–Trinajstić information content (AvgIpc) is 2.23. The molecule has 0 aliphatic heterocycles. The molecule has 0 saturated heterocycles. The summed E-state index contributed by atoms with van der Waals surface area (Å²) in [5, 5.41) is 11.5. The highest BCUT2D eigenvalue weighted by Gasteiger charge is 2.04. The standard InChI is InChI=1S/C12H16INO2/c1-9-8-10(13)5-6-11(9)14-12(16)4-2-3-7-15/h5-6,8,15H,2-4,7H2,1H3,(H,14,16). The minimum atomic E-state index is 0.0118. The summed E-state index contributed by atoms with van der Waals surface area (Å²) in [6.45, 7) is 2.13. The summed E-state index contributed by atoms with van der Waals surface area (Å²) in [5.74, 6) is 0.0118. The zero-order valence-electron chi connectivity index (χ0n) is 9.29. The van der Waals surface area contributed by atoms with E-state index < -0.39 is 0 Å². The van der Waals surface area contributed by atoms with Crippen molar-refractivity contribution in [1.29, 1.82) is 0 Å². The van der Waals surface area contributed by atoms with Crippen molar-refractivity contribution in [1.82, 2.24) is 0 Å². The van der Waals surface area contributed by atoms with Crippen LogP contribution >= 0.6 is 22.6 Å². The minimum absolute atomic E-state index is 0.0118. The Morgan fingerprint density at radius 2 is 2.19 bits per heavy atom. The third-order valence-electron chi connectivity index (χ3n) is 2.27. The van der Waals surface area contributed by atoms with E-state index >= 15 is 0 Å². The lowest BCUT2D eigenvalue weighted by atomic mass is 10.2. The van der Waals surface area contributed by atoms with Crippen LogP contribution in [-0.4, -0.2) is 17.6 Å². The molecule has 0 heterocycles. The van der Waals surface area contributed by atoms with Crippen LogP contribution in [0.5, 0.6) is 0 Å². The number of benzene rings is 1. The number of unbranched alkanes of at least 4 members (excludes halogenated alkanes) is 1. The third kappa shape index (κ3) is 4.49. The van der Waals surface area contributed by atoms with Crippen LogP contribution in [0.1, 0.15) is 24.8 Å². The van der Waals surface area contributed by atoms with Gasteiger partial charge in [0.15, 0.2) is 0 Å². The summed E-state index contributed by atoms with van der Waals surface area (Å²) in [4.78, 5) is 11.5. The first-order valence-corrected chi connectivity index (χ1v) is 6.38. The second-order valence-corrected chi connectivity index (χ2v) is 4.93. The summed E-state index contributed by atoms with van der Waals surface area (Å²) in [7, 11) is 0. The number of nitrogens with one attached hydrogen (secondary N) is 1. The molecule has 1 amide bonds. The number of carbonyl (C=O) groups excluding carboxylic acids is 1. The molecule has 0 aliphatic rings. The van der Waals surface area contributed by atoms with Gasteiger partial charge in [0.1, 0.15) is 0 Å². The summed E-state index contributed by atoms with van der Waals surface area (Å²) < 4.78 is 1.16. The average molecular weight is 333 g/mol. The smallest absolute Gasteiger partial charge is 0.224 e. The van der Waals surface area contributed by atoms with Crippen molar-refractivity contribution in [3.8, 4) is 0 Å². The first kappa shape index (κ1) is 13.4. The SMILES string of the molecule is Cc1cc(I)ccc1NC(=O)CCCCO. The van der Waals surface area contributed by atoms with Gasteiger partial charge in [-0.1, -0.05) is 0 Å². The van der Waals surface area contributed by atoms with Crippen LogP contribution in [0.25, 0.3) is 0 Å². The molecule has 0 unspecified atom stereocenters. The predicted molar refractivity (Wildman–Crippen MR) is 73.5 cm³/mol. The van der Waals surface area contributed by atoms with Crippen LogP contribution in [-0.2, 0) is 4.79 Å². The van der Waals surface area contributed by atoms with Crippen molar-refractivity contribution in [2.24, 2.45) is 0 Å². The number of rotatable bonds is 5. The van der Waals surface area contributed by atoms with E-state index in [4.69, 9.17) is 5.11 Å². The molecule has 2 N–H and O–H groups in total. The molecule has 1 rings (SSSR count). The highest BCUT2D eigenvalue weighted by atomic mass is 127. The van der Waals surface area contributed by atoms with Crippen LogP contribution in [0.2, 0.25) is 0 Å². The highest BCUT2D eigenvalue weighted by Crippen LogP contribution is 2.18. The molecule has 0 spiro atoms. The van der Waals surface area contributed by atoms with Gasteiger partial charge in [-0.15, -0.1) is 0 Å². The van der Waals surface area contributed by atoms with Crippen molar-refractivity contribution >= 4 is 34.2 Å². The molecular weight excluding hydrogens is 317 g/mol. The van der Waals surface area contributed by atoms with Gasteiger partial charge in [-0.05, 0) is 66.1 Å². The van der Waals surface area contributed by atoms with Crippen molar-refractivity contribution in [2.75, 3.05) is 11.9 Å². The number of amides is 1. The molecule has 0 bridgehead atoms. The Kier molecular flexibility index (Phi) is 5.76. The Hall–Kier alpha value is -0.620. The maximum Gasteiger partial charge on any atom is 0.224 e. The predicted octanol–water partition coefficient (Wildman–Crippen LogP) is 2.70. The zero-order valence-corrected chi connectivity index (χ0v) is 11.5. The van der Waals surface area contributed by atoms with Crippen molar-refractivity contribution < 1.29 is 9.90 Å². The van der Waals surface area contributed by atoms with Gasteiger partial charge in [-0.3, -0.25) is 4.79 Å². The number of hydrogen-bond donors (Lipinski definition) is 2. The molecule has 1 aromatic carbocycles. The lowest BCUT2D eigenvalue weighted by molar-refractivity contribution is -0.116. The molecule has 16 heavy (non-hydrogen) atoms.